The Labute approximate surface area is 180 Å². The van der Waals surface area contributed by atoms with Crippen LogP contribution in [0.4, 0.5) is 10.5 Å². The lowest BCUT2D eigenvalue weighted by molar-refractivity contribution is -0.176. The zero-order valence-corrected chi connectivity index (χ0v) is 17.1. The number of ether oxygens (including phenoxy) is 2. The quantitative estimate of drug-likeness (QED) is 0.636. The molecule has 2 bridgehead atoms. The molecule has 4 rings (SSSR count). The van der Waals surface area contributed by atoms with Gasteiger partial charge < -0.3 is 25.2 Å². The smallest absolute Gasteiger partial charge is 0.319 e. The summed E-state index contributed by atoms with van der Waals surface area (Å²) in [6.45, 7) is 0.938. The highest BCUT2D eigenvalue weighted by Gasteiger charge is 2.51. The number of likely N-dealkylation sites (N-methyl/N-ethyl adjacent to an activating group) is 1. The maximum absolute atomic E-state index is 12.6. The molecule has 2 amide bonds. The van der Waals surface area contributed by atoms with Crippen LogP contribution in [-0.2, 0) is 15.9 Å². The molecule has 31 heavy (non-hydrogen) atoms. The molecule has 2 aromatic rings. The third kappa shape index (κ3) is 4.84. The van der Waals surface area contributed by atoms with E-state index in [2.05, 4.69) is 15.6 Å². The Balaban J connectivity index is 1.39. The van der Waals surface area contributed by atoms with Crippen molar-refractivity contribution in [3.63, 3.8) is 0 Å². The van der Waals surface area contributed by atoms with Crippen LogP contribution in [0.2, 0.25) is 0 Å². The highest BCUT2D eigenvalue weighted by Crippen LogP contribution is 2.31. The highest BCUT2D eigenvalue weighted by molar-refractivity contribution is 5.89. The number of nitriles is 1. The molecule has 162 valence electrons. The molecule has 5 atom stereocenters. The summed E-state index contributed by atoms with van der Waals surface area (Å²) < 4.78 is 11.7. The molecular weight excluding hydrogens is 398 g/mol. The Bertz CT molecular complexity index is 950. The van der Waals surface area contributed by atoms with E-state index in [1.165, 1.54) is 0 Å². The number of urea groups is 1. The van der Waals surface area contributed by atoms with Gasteiger partial charge in [-0.1, -0.05) is 12.1 Å². The first-order chi connectivity index (χ1) is 15.0. The fraction of sp³-hybridized carbons (Fsp3) is 0.409. The van der Waals surface area contributed by atoms with Gasteiger partial charge in [-0.25, -0.2) is 4.79 Å². The lowest BCUT2D eigenvalue weighted by atomic mass is 9.95. The second kappa shape index (κ2) is 9.41. The van der Waals surface area contributed by atoms with Crippen molar-refractivity contribution in [2.24, 2.45) is 0 Å². The molecule has 2 aliphatic rings. The normalized spacial score (nSPS) is 27.0. The largest absolute Gasteiger partial charge is 0.389 e. The Morgan fingerprint density at radius 3 is 3.00 bits per heavy atom. The number of carbonyl (C=O) groups is 1. The van der Waals surface area contributed by atoms with E-state index in [1.54, 1.807) is 30.5 Å². The summed E-state index contributed by atoms with van der Waals surface area (Å²) in [4.78, 5) is 18.9. The number of aromatic nitrogens is 1. The monoisotopic (exact) mass is 423 g/mol. The van der Waals surface area contributed by atoms with E-state index in [4.69, 9.17) is 14.7 Å². The van der Waals surface area contributed by atoms with Crippen molar-refractivity contribution < 1.29 is 19.4 Å². The molecule has 0 aliphatic carbocycles. The number of hydrogen-bond donors (Lipinski definition) is 3. The number of hydrogen-bond acceptors (Lipinski definition) is 7. The zero-order valence-electron chi connectivity index (χ0n) is 17.1. The number of pyridine rings is 1. The minimum absolute atomic E-state index is 0.293. The van der Waals surface area contributed by atoms with Crippen LogP contribution in [0.3, 0.4) is 0 Å². The number of rotatable bonds is 6. The van der Waals surface area contributed by atoms with Crippen LogP contribution in [-0.4, -0.2) is 71.8 Å². The van der Waals surface area contributed by atoms with Gasteiger partial charge in [0.05, 0.1) is 36.4 Å². The fourth-order valence-corrected chi connectivity index (χ4v) is 4.02. The van der Waals surface area contributed by atoms with Crippen LogP contribution in [0.25, 0.3) is 0 Å². The molecule has 2 fully saturated rings. The third-order valence-corrected chi connectivity index (χ3v) is 5.63. The number of fused-ring (bicyclic) bond motifs is 2. The number of amides is 2. The molecular formula is C22H25N5O4. The van der Waals surface area contributed by atoms with Crippen LogP contribution in [0.15, 0.2) is 48.7 Å². The number of nitrogens with zero attached hydrogens (tertiary/aromatic N) is 3. The second-order valence-electron chi connectivity index (χ2n) is 7.73. The molecule has 0 spiro atoms. The summed E-state index contributed by atoms with van der Waals surface area (Å²) in [7, 11) is 1.90. The van der Waals surface area contributed by atoms with Gasteiger partial charge in [0, 0.05) is 30.5 Å². The fourth-order valence-electron chi connectivity index (χ4n) is 4.02. The number of benzene rings is 1. The molecule has 0 radical (unpaired) electrons. The molecule has 5 unspecified atom stereocenters. The first kappa shape index (κ1) is 21.2. The molecule has 3 N–H and O–H groups in total. The van der Waals surface area contributed by atoms with Crippen LogP contribution in [0.5, 0.6) is 0 Å². The molecule has 3 heterocycles. The number of anilines is 1. The maximum Gasteiger partial charge on any atom is 0.319 e. The summed E-state index contributed by atoms with van der Waals surface area (Å²) >= 11 is 0. The first-order valence-corrected chi connectivity index (χ1v) is 10.2. The number of aliphatic hydroxyl groups is 1. The summed E-state index contributed by atoms with van der Waals surface area (Å²) in [6.07, 6.45) is 0.600. The van der Waals surface area contributed by atoms with E-state index < -0.39 is 36.6 Å². The van der Waals surface area contributed by atoms with Crippen LogP contribution in [0, 0.1) is 11.3 Å². The maximum atomic E-state index is 12.6. The van der Waals surface area contributed by atoms with Crippen molar-refractivity contribution in [3.05, 3.63) is 59.9 Å². The molecule has 0 saturated carbocycles. The summed E-state index contributed by atoms with van der Waals surface area (Å²) in [5.41, 5.74) is 1.90. The predicted octanol–water partition coefficient (Wildman–Crippen LogP) is 1.10. The van der Waals surface area contributed by atoms with Gasteiger partial charge in [-0.2, -0.15) is 5.26 Å². The average Bonchev–Trinajstić information content (AvgIpc) is 3.21. The van der Waals surface area contributed by atoms with Gasteiger partial charge in [0.2, 0.25) is 0 Å². The van der Waals surface area contributed by atoms with Gasteiger partial charge in [0.25, 0.3) is 0 Å². The Kier molecular flexibility index (Phi) is 6.44. The number of aliphatic hydroxyl groups excluding tert-OH is 1. The lowest BCUT2D eigenvalue weighted by Gasteiger charge is -2.42. The Morgan fingerprint density at radius 1 is 1.35 bits per heavy atom. The Hall–Kier alpha value is -3.03. The van der Waals surface area contributed by atoms with E-state index in [9.17, 15) is 9.90 Å². The van der Waals surface area contributed by atoms with Gasteiger partial charge in [-0.05, 0) is 37.4 Å². The van der Waals surface area contributed by atoms with Crippen molar-refractivity contribution in [2.75, 3.05) is 25.5 Å². The van der Waals surface area contributed by atoms with Crippen molar-refractivity contribution >= 4 is 11.7 Å². The van der Waals surface area contributed by atoms with Crippen LogP contribution >= 0.6 is 0 Å². The molecule has 2 saturated heterocycles. The minimum Gasteiger partial charge on any atom is -0.389 e. The summed E-state index contributed by atoms with van der Waals surface area (Å²) in [5, 5.41) is 25.6. The molecule has 1 aromatic heterocycles. The van der Waals surface area contributed by atoms with E-state index in [0.29, 0.717) is 30.8 Å². The van der Waals surface area contributed by atoms with Gasteiger partial charge in [0.15, 0.2) is 6.29 Å². The molecule has 9 nitrogen and oxygen atoms in total. The third-order valence-electron chi connectivity index (χ3n) is 5.63. The average molecular weight is 423 g/mol. The molecule has 2 aliphatic heterocycles. The Morgan fingerprint density at radius 2 is 2.23 bits per heavy atom. The van der Waals surface area contributed by atoms with E-state index in [1.807, 2.05) is 36.2 Å². The van der Waals surface area contributed by atoms with Crippen molar-refractivity contribution in [2.45, 2.75) is 37.0 Å². The van der Waals surface area contributed by atoms with E-state index in [0.717, 1.165) is 5.69 Å². The second-order valence-corrected chi connectivity index (χ2v) is 7.73. The van der Waals surface area contributed by atoms with Crippen molar-refractivity contribution in [1.82, 2.24) is 15.2 Å². The van der Waals surface area contributed by atoms with E-state index in [-0.39, 0.29) is 0 Å². The highest BCUT2D eigenvalue weighted by atomic mass is 16.7. The minimum atomic E-state index is -0.879. The predicted molar refractivity (Wildman–Crippen MR) is 112 cm³/mol. The van der Waals surface area contributed by atoms with Gasteiger partial charge in [-0.3, -0.25) is 9.88 Å². The topological polar surface area (TPSA) is 120 Å². The lowest BCUT2D eigenvalue weighted by Crippen LogP contribution is -2.65. The van der Waals surface area contributed by atoms with Gasteiger partial charge >= 0.3 is 6.03 Å². The SMILES string of the molecule is CN(CCc1ccccn1)C1C2OCC(O2)C(NC(=O)Nc2cccc(C#N)c2)C1O. The van der Waals surface area contributed by atoms with Gasteiger partial charge in [-0.15, -0.1) is 0 Å². The molecule has 1 aromatic carbocycles. The number of nitrogens with one attached hydrogen (secondary N) is 2. The zero-order chi connectivity index (χ0) is 21.8. The van der Waals surface area contributed by atoms with Crippen LogP contribution in [0.1, 0.15) is 11.3 Å². The van der Waals surface area contributed by atoms with E-state index >= 15 is 0 Å². The summed E-state index contributed by atoms with van der Waals surface area (Å²) in [6, 6.07) is 12.9. The van der Waals surface area contributed by atoms with Crippen molar-refractivity contribution in [3.8, 4) is 6.07 Å². The van der Waals surface area contributed by atoms with Gasteiger partial charge in [0.1, 0.15) is 6.10 Å². The number of carbonyl (C=O) groups excluding carboxylic acids is 1. The standard InChI is InChI=1S/C22H25N5O4/c1-27(10-8-15-6-2-3-9-24-15)19-20(28)18(17-13-30-21(19)31-17)26-22(29)25-16-7-4-5-14(11-16)12-23/h2-7,9,11,17-21,28H,8,10,13H2,1H3,(H2,25,26,29). The molecule has 9 heteroatoms. The van der Waals surface area contributed by atoms with Crippen molar-refractivity contribution in [1.29, 1.82) is 5.26 Å². The summed E-state index contributed by atoms with van der Waals surface area (Å²) in [5.74, 6) is 0. The van der Waals surface area contributed by atoms with Crippen LogP contribution < -0.4 is 10.6 Å². The first-order valence-electron chi connectivity index (χ1n) is 10.2.